The van der Waals surface area contributed by atoms with E-state index in [4.69, 9.17) is 4.74 Å². The summed E-state index contributed by atoms with van der Waals surface area (Å²) < 4.78 is 4.98. The van der Waals surface area contributed by atoms with Crippen LogP contribution < -0.4 is 5.32 Å². The number of ether oxygens (including phenoxy) is 1. The molecule has 6 heteroatoms. The average Bonchev–Trinajstić information content (AvgIpc) is 2.73. The summed E-state index contributed by atoms with van der Waals surface area (Å²) in [4.78, 5) is 37.0. The predicted octanol–water partition coefficient (Wildman–Crippen LogP) is 4.02. The molecule has 0 bridgehead atoms. The molecule has 0 unspecified atom stereocenters. The summed E-state index contributed by atoms with van der Waals surface area (Å²) in [5.74, 6) is -1.25. The van der Waals surface area contributed by atoms with Crippen molar-refractivity contribution in [1.82, 2.24) is 0 Å². The Balaban J connectivity index is 1.68. The van der Waals surface area contributed by atoms with Crippen molar-refractivity contribution in [2.75, 3.05) is 11.9 Å². The third kappa shape index (κ3) is 3.55. The molecular weight excluding hydrogens is 382 g/mol. The zero-order valence-corrected chi connectivity index (χ0v) is 16.3. The molecule has 4 rings (SSSR count). The van der Waals surface area contributed by atoms with Gasteiger partial charge in [0.25, 0.3) is 0 Å². The van der Waals surface area contributed by atoms with Gasteiger partial charge in [0.1, 0.15) is 5.75 Å². The van der Waals surface area contributed by atoms with Gasteiger partial charge in [0.2, 0.25) is 0 Å². The molecule has 0 heterocycles. The van der Waals surface area contributed by atoms with Gasteiger partial charge >= 0.3 is 5.97 Å². The maximum atomic E-state index is 13.1. The van der Waals surface area contributed by atoms with Crippen LogP contribution in [0, 0.1) is 0 Å². The van der Waals surface area contributed by atoms with Crippen LogP contribution in [-0.4, -0.2) is 29.2 Å². The zero-order valence-electron chi connectivity index (χ0n) is 16.3. The van der Waals surface area contributed by atoms with E-state index in [0.29, 0.717) is 23.4 Å². The first-order valence-corrected chi connectivity index (χ1v) is 9.49. The van der Waals surface area contributed by atoms with Crippen LogP contribution in [0.25, 0.3) is 0 Å². The number of carbonyl (C=O) groups excluding carboxylic acids is 3. The third-order valence-electron chi connectivity index (χ3n) is 4.96. The lowest BCUT2D eigenvalue weighted by Crippen LogP contribution is -2.22. The smallest absolute Gasteiger partial charge is 0.302 e. The number of phenols is 1. The van der Waals surface area contributed by atoms with Crippen molar-refractivity contribution in [2.45, 2.75) is 13.3 Å². The fourth-order valence-corrected chi connectivity index (χ4v) is 3.58. The topological polar surface area (TPSA) is 92.7 Å². The standard InChI is InChI=1S/C24H19NO5/c1-14(26)30-12-11-15-5-4-6-16(13-15)25-19-9-10-20(27)22-21(19)23(28)17-7-2-3-8-18(17)24(22)29/h2-10,13,25,27H,11-12H2,1H3. The minimum Gasteiger partial charge on any atom is -0.507 e. The molecule has 0 saturated heterocycles. The van der Waals surface area contributed by atoms with Crippen molar-refractivity contribution in [2.24, 2.45) is 0 Å². The van der Waals surface area contributed by atoms with Crippen molar-refractivity contribution < 1.29 is 24.2 Å². The maximum absolute atomic E-state index is 13.1. The van der Waals surface area contributed by atoms with E-state index in [9.17, 15) is 19.5 Å². The van der Waals surface area contributed by atoms with Crippen LogP contribution in [0.4, 0.5) is 11.4 Å². The maximum Gasteiger partial charge on any atom is 0.302 e. The first-order valence-electron chi connectivity index (χ1n) is 9.49. The molecule has 0 spiro atoms. The van der Waals surface area contributed by atoms with Gasteiger partial charge in [0.15, 0.2) is 11.6 Å². The zero-order chi connectivity index (χ0) is 21.3. The van der Waals surface area contributed by atoms with Gasteiger partial charge in [-0.25, -0.2) is 0 Å². The number of hydrogen-bond acceptors (Lipinski definition) is 6. The second kappa shape index (κ2) is 7.83. The van der Waals surface area contributed by atoms with E-state index < -0.39 is 0 Å². The number of carbonyl (C=O) groups is 3. The lowest BCUT2D eigenvalue weighted by Gasteiger charge is -2.21. The fourth-order valence-electron chi connectivity index (χ4n) is 3.58. The highest BCUT2D eigenvalue weighted by Crippen LogP contribution is 2.38. The molecule has 0 radical (unpaired) electrons. The fraction of sp³-hybridized carbons (Fsp3) is 0.125. The van der Waals surface area contributed by atoms with E-state index in [0.717, 1.165) is 5.56 Å². The van der Waals surface area contributed by atoms with Crippen LogP contribution in [-0.2, 0) is 16.0 Å². The first-order chi connectivity index (χ1) is 14.5. The lowest BCUT2D eigenvalue weighted by molar-refractivity contribution is -0.140. The molecule has 6 nitrogen and oxygen atoms in total. The second-order valence-electron chi connectivity index (χ2n) is 7.00. The summed E-state index contributed by atoms with van der Waals surface area (Å²) in [6, 6.07) is 17.1. The average molecular weight is 401 g/mol. The van der Waals surface area contributed by atoms with Crippen molar-refractivity contribution in [3.63, 3.8) is 0 Å². The summed E-state index contributed by atoms with van der Waals surface area (Å²) in [6.07, 6.45) is 0.549. The van der Waals surface area contributed by atoms with Crippen LogP contribution in [0.5, 0.6) is 5.75 Å². The monoisotopic (exact) mass is 401 g/mol. The number of ketones is 2. The molecule has 1 aliphatic carbocycles. The van der Waals surface area contributed by atoms with Gasteiger partial charge in [-0.15, -0.1) is 0 Å². The number of aromatic hydroxyl groups is 1. The largest absolute Gasteiger partial charge is 0.507 e. The minimum atomic E-state index is -0.378. The number of benzene rings is 3. The summed E-state index contributed by atoms with van der Waals surface area (Å²) in [7, 11) is 0. The summed E-state index contributed by atoms with van der Waals surface area (Å²) >= 11 is 0. The molecule has 0 aliphatic heterocycles. The van der Waals surface area contributed by atoms with Crippen LogP contribution in [0.1, 0.15) is 44.3 Å². The molecule has 30 heavy (non-hydrogen) atoms. The van der Waals surface area contributed by atoms with E-state index in [1.165, 1.54) is 13.0 Å². The highest BCUT2D eigenvalue weighted by atomic mass is 16.5. The van der Waals surface area contributed by atoms with Crippen molar-refractivity contribution in [3.8, 4) is 5.75 Å². The predicted molar refractivity (Wildman–Crippen MR) is 111 cm³/mol. The summed E-state index contributed by atoms with van der Waals surface area (Å²) in [5, 5.41) is 13.5. The van der Waals surface area contributed by atoms with Crippen LogP contribution in [0.15, 0.2) is 60.7 Å². The quantitative estimate of drug-likeness (QED) is 0.388. The van der Waals surface area contributed by atoms with E-state index >= 15 is 0 Å². The highest BCUT2D eigenvalue weighted by molar-refractivity contribution is 6.31. The molecule has 0 aromatic heterocycles. The van der Waals surface area contributed by atoms with Gasteiger partial charge in [-0.3, -0.25) is 14.4 Å². The Morgan fingerprint density at radius 2 is 1.63 bits per heavy atom. The summed E-state index contributed by atoms with van der Waals surface area (Å²) in [6.45, 7) is 1.64. The highest BCUT2D eigenvalue weighted by Gasteiger charge is 2.33. The number of nitrogens with one attached hydrogen (secondary N) is 1. The van der Waals surface area contributed by atoms with Crippen LogP contribution >= 0.6 is 0 Å². The molecule has 0 amide bonds. The number of rotatable bonds is 5. The van der Waals surface area contributed by atoms with Gasteiger partial charge in [-0.05, 0) is 29.8 Å². The van der Waals surface area contributed by atoms with Gasteiger partial charge in [-0.1, -0.05) is 36.4 Å². The molecule has 3 aromatic carbocycles. The Morgan fingerprint density at radius 3 is 2.33 bits per heavy atom. The molecule has 0 fully saturated rings. The van der Waals surface area contributed by atoms with Crippen LogP contribution in [0.2, 0.25) is 0 Å². The number of phenolic OH excluding ortho intramolecular Hbond substituents is 1. The second-order valence-corrected chi connectivity index (χ2v) is 7.00. The Bertz CT molecular complexity index is 1180. The van der Waals surface area contributed by atoms with E-state index in [1.807, 2.05) is 24.3 Å². The Labute approximate surface area is 173 Å². The summed E-state index contributed by atoms with van der Waals surface area (Å²) in [5.41, 5.74) is 2.86. The van der Waals surface area contributed by atoms with Crippen molar-refractivity contribution in [3.05, 3.63) is 88.5 Å². The van der Waals surface area contributed by atoms with Crippen LogP contribution in [0.3, 0.4) is 0 Å². The van der Waals surface area contributed by atoms with Gasteiger partial charge in [0, 0.05) is 30.2 Å². The first kappa shape index (κ1) is 19.4. The Morgan fingerprint density at radius 1 is 0.933 bits per heavy atom. The molecular formula is C24H19NO5. The van der Waals surface area contributed by atoms with Crippen molar-refractivity contribution >= 4 is 28.9 Å². The molecule has 1 aliphatic rings. The van der Waals surface area contributed by atoms with E-state index in [-0.39, 0.29) is 46.6 Å². The van der Waals surface area contributed by atoms with E-state index in [2.05, 4.69) is 5.32 Å². The molecule has 3 aromatic rings. The lowest BCUT2D eigenvalue weighted by atomic mass is 9.82. The Kier molecular flexibility index (Phi) is 5.06. The van der Waals surface area contributed by atoms with Gasteiger partial charge < -0.3 is 15.2 Å². The number of esters is 1. The van der Waals surface area contributed by atoms with Gasteiger partial charge in [0.05, 0.1) is 23.4 Å². The minimum absolute atomic E-state index is 0.00899. The number of fused-ring (bicyclic) bond motifs is 2. The number of hydrogen-bond donors (Lipinski definition) is 2. The van der Waals surface area contributed by atoms with E-state index in [1.54, 1.807) is 30.3 Å². The molecule has 2 N–H and O–H groups in total. The SMILES string of the molecule is CC(=O)OCCc1cccc(Nc2ccc(O)c3c2C(=O)c2ccccc2C3=O)c1. The number of anilines is 2. The molecule has 0 atom stereocenters. The third-order valence-corrected chi connectivity index (χ3v) is 4.96. The molecule has 0 saturated carbocycles. The van der Waals surface area contributed by atoms with Gasteiger partial charge in [-0.2, -0.15) is 0 Å². The normalized spacial score (nSPS) is 12.2. The van der Waals surface area contributed by atoms with Crippen molar-refractivity contribution in [1.29, 1.82) is 0 Å². The molecule has 150 valence electrons. The Hall–Kier alpha value is -3.93.